The normalized spacial score (nSPS) is 17.4. The Hall–Kier alpha value is -1.35. The van der Waals surface area contributed by atoms with Crippen LogP contribution in [0.1, 0.15) is 30.7 Å². The van der Waals surface area contributed by atoms with Crippen molar-refractivity contribution in [1.82, 2.24) is 14.3 Å². The summed E-state index contributed by atoms with van der Waals surface area (Å²) in [6, 6.07) is 4.29. The SMILES string of the molecule is Cc1ccc2cnc(CCN3CCCCC3)n2c1. The third-order valence-electron chi connectivity index (χ3n) is 3.85. The summed E-state index contributed by atoms with van der Waals surface area (Å²) in [5.74, 6) is 1.19. The third kappa shape index (κ3) is 2.41. The second-order valence-corrected chi connectivity index (χ2v) is 5.33. The van der Waals surface area contributed by atoms with Gasteiger partial charge in [0, 0.05) is 19.2 Å². The average Bonchev–Trinajstić information content (AvgIpc) is 2.80. The van der Waals surface area contributed by atoms with Crippen LogP contribution in [0.25, 0.3) is 5.52 Å². The van der Waals surface area contributed by atoms with Crippen molar-refractivity contribution in [3.8, 4) is 0 Å². The smallest absolute Gasteiger partial charge is 0.114 e. The molecule has 0 saturated carbocycles. The van der Waals surface area contributed by atoms with Gasteiger partial charge in [0.05, 0.1) is 11.7 Å². The van der Waals surface area contributed by atoms with Gasteiger partial charge in [-0.25, -0.2) is 4.98 Å². The van der Waals surface area contributed by atoms with Crippen LogP contribution in [0, 0.1) is 6.92 Å². The molecule has 1 fully saturated rings. The fraction of sp³-hybridized carbons (Fsp3) is 0.533. The summed E-state index contributed by atoms with van der Waals surface area (Å²) in [6.45, 7) is 5.81. The lowest BCUT2D eigenvalue weighted by molar-refractivity contribution is 0.230. The van der Waals surface area contributed by atoms with Gasteiger partial charge in [0.2, 0.25) is 0 Å². The number of likely N-dealkylation sites (tertiary alicyclic amines) is 1. The Morgan fingerprint density at radius 3 is 2.83 bits per heavy atom. The monoisotopic (exact) mass is 243 g/mol. The van der Waals surface area contributed by atoms with E-state index in [9.17, 15) is 0 Å². The molecule has 1 aliphatic heterocycles. The second-order valence-electron chi connectivity index (χ2n) is 5.33. The number of pyridine rings is 1. The van der Waals surface area contributed by atoms with Crippen molar-refractivity contribution in [1.29, 1.82) is 0 Å². The molecule has 0 spiro atoms. The van der Waals surface area contributed by atoms with Gasteiger partial charge >= 0.3 is 0 Å². The first-order valence-electron chi connectivity index (χ1n) is 6.98. The molecular weight excluding hydrogens is 222 g/mol. The van der Waals surface area contributed by atoms with Crippen LogP contribution in [-0.4, -0.2) is 33.9 Å². The van der Waals surface area contributed by atoms with Gasteiger partial charge in [0.25, 0.3) is 0 Å². The van der Waals surface area contributed by atoms with Gasteiger partial charge in [0.15, 0.2) is 0 Å². The van der Waals surface area contributed by atoms with E-state index in [1.807, 2.05) is 6.20 Å². The quantitative estimate of drug-likeness (QED) is 0.826. The molecular formula is C15H21N3. The van der Waals surface area contributed by atoms with Crippen molar-refractivity contribution >= 4 is 5.52 Å². The van der Waals surface area contributed by atoms with Gasteiger partial charge in [0.1, 0.15) is 5.82 Å². The number of aromatic nitrogens is 2. The number of rotatable bonds is 3. The molecule has 3 nitrogen and oxygen atoms in total. The lowest BCUT2D eigenvalue weighted by Gasteiger charge is -2.25. The number of piperidine rings is 1. The molecule has 3 rings (SSSR count). The summed E-state index contributed by atoms with van der Waals surface area (Å²) < 4.78 is 2.24. The maximum atomic E-state index is 4.56. The van der Waals surface area contributed by atoms with Crippen molar-refractivity contribution in [3.63, 3.8) is 0 Å². The summed E-state index contributed by atoms with van der Waals surface area (Å²) in [4.78, 5) is 7.13. The molecule has 0 amide bonds. The average molecular weight is 243 g/mol. The number of aryl methyl sites for hydroxylation is 1. The third-order valence-corrected chi connectivity index (χ3v) is 3.85. The van der Waals surface area contributed by atoms with E-state index in [1.54, 1.807) is 0 Å². The maximum absolute atomic E-state index is 4.56. The predicted octanol–water partition coefficient (Wildman–Crippen LogP) is 2.67. The first-order valence-corrected chi connectivity index (χ1v) is 6.98. The van der Waals surface area contributed by atoms with E-state index in [0.717, 1.165) is 13.0 Å². The minimum absolute atomic E-state index is 1.05. The van der Waals surface area contributed by atoms with E-state index in [2.05, 4.69) is 39.5 Å². The molecule has 0 aliphatic carbocycles. The summed E-state index contributed by atoms with van der Waals surface area (Å²) in [5, 5.41) is 0. The van der Waals surface area contributed by atoms with Gasteiger partial charge in [-0.05, 0) is 44.5 Å². The Kier molecular flexibility index (Phi) is 3.33. The van der Waals surface area contributed by atoms with Crippen LogP contribution < -0.4 is 0 Å². The van der Waals surface area contributed by atoms with E-state index < -0.39 is 0 Å². The Morgan fingerprint density at radius 2 is 2.00 bits per heavy atom. The van der Waals surface area contributed by atoms with Crippen LogP contribution in [0.5, 0.6) is 0 Å². The van der Waals surface area contributed by atoms with Crippen LogP contribution in [0.4, 0.5) is 0 Å². The fourth-order valence-corrected chi connectivity index (χ4v) is 2.78. The van der Waals surface area contributed by atoms with E-state index in [1.165, 1.54) is 49.3 Å². The zero-order valence-corrected chi connectivity index (χ0v) is 11.1. The lowest BCUT2D eigenvalue weighted by atomic mass is 10.1. The molecule has 2 aromatic heterocycles. The number of fused-ring (bicyclic) bond motifs is 1. The highest BCUT2D eigenvalue weighted by Crippen LogP contribution is 2.12. The van der Waals surface area contributed by atoms with Crippen molar-refractivity contribution in [2.75, 3.05) is 19.6 Å². The topological polar surface area (TPSA) is 20.5 Å². The number of hydrogen-bond acceptors (Lipinski definition) is 2. The van der Waals surface area contributed by atoms with Gasteiger partial charge in [-0.2, -0.15) is 0 Å². The Labute approximate surface area is 108 Å². The molecule has 2 aromatic rings. The van der Waals surface area contributed by atoms with E-state index in [-0.39, 0.29) is 0 Å². The summed E-state index contributed by atoms with van der Waals surface area (Å²) in [6.07, 6.45) is 9.35. The zero-order chi connectivity index (χ0) is 12.4. The van der Waals surface area contributed by atoms with Crippen LogP contribution in [0.2, 0.25) is 0 Å². The highest BCUT2D eigenvalue weighted by molar-refractivity contribution is 5.46. The van der Waals surface area contributed by atoms with Crippen molar-refractivity contribution < 1.29 is 0 Å². The number of hydrogen-bond donors (Lipinski definition) is 0. The first kappa shape index (κ1) is 11.7. The van der Waals surface area contributed by atoms with Gasteiger partial charge < -0.3 is 9.30 Å². The maximum Gasteiger partial charge on any atom is 0.114 e. The van der Waals surface area contributed by atoms with Crippen molar-refractivity contribution in [2.24, 2.45) is 0 Å². The van der Waals surface area contributed by atoms with Crippen LogP contribution in [0.15, 0.2) is 24.5 Å². The summed E-state index contributed by atoms with van der Waals surface area (Å²) >= 11 is 0. The zero-order valence-electron chi connectivity index (χ0n) is 11.1. The van der Waals surface area contributed by atoms with Gasteiger partial charge in [-0.3, -0.25) is 0 Å². The molecule has 0 unspecified atom stereocenters. The minimum Gasteiger partial charge on any atom is -0.303 e. The van der Waals surface area contributed by atoms with Gasteiger partial charge in [-0.15, -0.1) is 0 Å². The molecule has 0 bridgehead atoms. The number of nitrogens with zero attached hydrogens (tertiary/aromatic N) is 3. The molecule has 18 heavy (non-hydrogen) atoms. The predicted molar refractivity (Wildman–Crippen MR) is 73.9 cm³/mol. The number of imidazole rings is 1. The molecule has 96 valence electrons. The highest BCUT2D eigenvalue weighted by atomic mass is 15.1. The molecule has 3 heteroatoms. The Bertz CT molecular complexity index is 524. The van der Waals surface area contributed by atoms with Gasteiger partial charge in [-0.1, -0.05) is 12.5 Å². The van der Waals surface area contributed by atoms with Crippen molar-refractivity contribution in [2.45, 2.75) is 32.6 Å². The van der Waals surface area contributed by atoms with Crippen LogP contribution in [-0.2, 0) is 6.42 Å². The molecule has 0 radical (unpaired) electrons. The lowest BCUT2D eigenvalue weighted by Crippen LogP contribution is -2.31. The first-order chi connectivity index (χ1) is 8.83. The van der Waals surface area contributed by atoms with E-state index in [4.69, 9.17) is 0 Å². The molecule has 0 atom stereocenters. The molecule has 1 aliphatic rings. The largest absolute Gasteiger partial charge is 0.303 e. The highest BCUT2D eigenvalue weighted by Gasteiger charge is 2.11. The van der Waals surface area contributed by atoms with E-state index >= 15 is 0 Å². The standard InChI is InChI=1S/C15H21N3/c1-13-5-6-14-11-16-15(18(14)12-13)7-10-17-8-3-2-4-9-17/h5-6,11-12H,2-4,7-10H2,1H3. The van der Waals surface area contributed by atoms with Crippen LogP contribution in [0.3, 0.4) is 0 Å². The molecule has 0 aromatic carbocycles. The minimum atomic E-state index is 1.05. The molecule has 0 N–H and O–H groups in total. The Morgan fingerprint density at radius 1 is 1.17 bits per heavy atom. The molecule has 1 saturated heterocycles. The van der Waals surface area contributed by atoms with E-state index in [0.29, 0.717) is 0 Å². The van der Waals surface area contributed by atoms with Crippen LogP contribution >= 0.6 is 0 Å². The molecule has 3 heterocycles. The van der Waals surface area contributed by atoms with Crippen molar-refractivity contribution in [3.05, 3.63) is 35.9 Å². The summed E-state index contributed by atoms with van der Waals surface area (Å²) in [7, 11) is 0. The summed E-state index contributed by atoms with van der Waals surface area (Å²) in [5.41, 5.74) is 2.49. The second kappa shape index (κ2) is 5.11. The Balaban J connectivity index is 1.72. The fourth-order valence-electron chi connectivity index (χ4n) is 2.78.